The summed E-state index contributed by atoms with van der Waals surface area (Å²) in [6, 6.07) is 13.5. The Balaban J connectivity index is 1.42. The maximum Gasteiger partial charge on any atom is 0.173 e. The summed E-state index contributed by atoms with van der Waals surface area (Å²) < 4.78 is 30.0. The fourth-order valence-corrected chi connectivity index (χ4v) is 5.11. The zero-order valence-corrected chi connectivity index (χ0v) is 18.1. The fraction of sp³-hybridized carbons (Fsp3) is 0.458. The molecular formula is C24H28F2N6. The molecule has 8 heteroatoms. The van der Waals surface area contributed by atoms with Crippen molar-refractivity contribution in [1.82, 2.24) is 30.0 Å². The zero-order valence-electron chi connectivity index (χ0n) is 18.1. The number of nitrogens with zero attached hydrogens (tertiary/aromatic N) is 6. The maximum atomic E-state index is 15.0. The highest BCUT2D eigenvalue weighted by atomic mass is 19.1. The van der Waals surface area contributed by atoms with Gasteiger partial charge in [-0.3, -0.25) is 9.80 Å². The molecule has 1 atom stereocenters. The van der Waals surface area contributed by atoms with Crippen molar-refractivity contribution in [1.29, 1.82) is 0 Å². The van der Waals surface area contributed by atoms with E-state index < -0.39 is 0 Å². The van der Waals surface area contributed by atoms with Crippen molar-refractivity contribution in [2.75, 3.05) is 26.2 Å². The van der Waals surface area contributed by atoms with Gasteiger partial charge in [0.25, 0.3) is 0 Å². The minimum absolute atomic E-state index is 0.257. The highest BCUT2D eigenvalue weighted by Crippen LogP contribution is 2.32. The molecule has 6 nitrogen and oxygen atoms in total. The molecule has 0 radical (unpaired) electrons. The van der Waals surface area contributed by atoms with Gasteiger partial charge in [-0.05, 0) is 47.0 Å². The Kier molecular flexibility index (Phi) is 6.23. The summed E-state index contributed by atoms with van der Waals surface area (Å²) in [6.07, 6.45) is 5.21. The van der Waals surface area contributed by atoms with Crippen LogP contribution in [0.3, 0.4) is 0 Å². The molecule has 0 spiro atoms. The van der Waals surface area contributed by atoms with Crippen molar-refractivity contribution in [3.8, 4) is 0 Å². The van der Waals surface area contributed by atoms with Crippen LogP contribution in [0.2, 0.25) is 0 Å². The molecule has 32 heavy (non-hydrogen) atoms. The van der Waals surface area contributed by atoms with Crippen LogP contribution in [0.5, 0.6) is 0 Å². The molecule has 1 aliphatic carbocycles. The largest absolute Gasteiger partial charge is 0.298 e. The second-order valence-electron chi connectivity index (χ2n) is 8.76. The Bertz CT molecular complexity index is 1020. The van der Waals surface area contributed by atoms with Crippen molar-refractivity contribution in [2.45, 2.75) is 44.3 Å². The van der Waals surface area contributed by atoms with Gasteiger partial charge < -0.3 is 0 Å². The molecule has 0 bridgehead atoms. The monoisotopic (exact) mass is 438 g/mol. The Morgan fingerprint density at radius 1 is 0.906 bits per heavy atom. The molecule has 1 saturated heterocycles. The summed E-state index contributed by atoms with van der Waals surface area (Å²) >= 11 is 0. The summed E-state index contributed by atoms with van der Waals surface area (Å²) in [5, 5.41) is 12.4. The quantitative estimate of drug-likeness (QED) is 0.588. The van der Waals surface area contributed by atoms with E-state index in [1.165, 1.54) is 43.9 Å². The van der Waals surface area contributed by atoms with Crippen LogP contribution >= 0.6 is 0 Å². The third-order valence-electron chi connectivity index (χ3n) is 6.80. The average molecular weight is 439 g/mol. The lowest BCUT2D eigenvalue weighted by molar-refractivity contribution is 0.0762. The van der Waals surface area contributed by atoms with Gasteiger partial charge in [0, 0.05) is 37.8 Å². The fourth-order valence-electron chi connectivity index (χ4n) is 5.11. The molecule has 1 aliphatic heterocycles. The van der Waals surface area contributed by atoms with Crippen LogP contribution in [-0.2, 0) is 6.54 Å². The van der Waals surface area contributed by atoms with E-state index in [9.17, 15) is 8.78 Å². The number of halogens is 2. The highest BCUT2D eigenvalue weighted by Gasteiger charge is 2.34. The van der Waals surface area contributed by atoms with E-state index in [1.807, 2.05) is 12.1 Å². The van der Waals surface area contributed by atoms with E-state index in [-0.39, 0.29) is 17.7 Å². The van der Waals surface area contributed by atoms with Crippen LogP contribution in [0.1, 0.15) is 48.7 Å². The SMILES string of the molecule is Fc1ccc(Cn2nnnc2C(c2ccccc2F)N2CCN(C3CCCC3)CC2)cc1. The van der Waals surface area contributed by atoms with Gasteiger partial charge in [-0.1, -0.05) is 43.2 Å². The van der Waals surface area contributed by atoms with Gasteiger partial charge in [-0.2, -0.15) is 0 Å². The van der Waals surface area contributed by atoms with E-state index >= 15 is 0 Å². The van der Waals surface area contributed by atoms with Crippen molar-refractivity contribution in [3.05, 3.63) is 77.1 Å². The molecule has 2 aliphatic rings. The molecule has 3 aromatic rings. The lowest BCUT2D eigenvalue weighted by Crippen LogP contribution is -2.51. The molecule has 2 heterocycles. The van der Waals surface area contributed by atoms with Crippen LogP contribution in [0, 0.1) is 11.6 Å². The third kappa shape index (κ3) is 4.42. The van der Waals surface area contributed by atoms with Crippen LogP contribution in [0.15, 0.2) is 48.5 Å². The van der Waals surface area contributed by atoms with E-state index in [0.29, 0.717) is 24.0 Å². The topological polar surface area (TPSA) is 50.1 Å². The lowest BCUT2D eigenvalue weighted by Gasteiger charge is -2.41. The highest BCUT2D eigenvalue weighted by molar-refractivity contribution is 5.27. The second-order valence-corrected chi connectivity index (χ2v) is 8.76. The molecule has 1 aromatic heterocycles. The minimum atomic E-state index is -0.377. The van der Waals surface area contributed by atoms with E-state index in [0.717, 1.165) is 31.7 Å². The Morgan fingerprint density at radius 2 is 1.62 bits per heavy atom. The molecule has 1 unspecified atom stereocenters. The van der Waals surface area contributed by atoms with Gasteiger partial charge in [0.05, 0.1) is 6.54 Å². The first kappa shape index (κ1) is 21.2. The molecule has 0 N–H and O–H groups in total. The predicted molar refractivity (Wildman–Crippen MR) is 117 cm³/mol. The summed E-state index contributed by atoms with van der Waals surface area (Å²) in [6.45, 7) is 4.00. The van der Waals surface area contributed by atoms with Gasteiger partial charge in [0.2, 0.25) is 0 Å². The normalized spacial score (nSPS) is 19.4. The number of rotatable bonds is 6. The smallest absolute Gasteiger partial charge is 0.173 e. The molecule has 2 aromatic carbocycles. The van der Waals surface area contributed by atoms with Crippen LogP contribution in [0.4, 0.5) is 8.78 Å². The molecule has 0 amide bonds. The maximum absolute atomic E-state index is 15.0. The Labute approximate surface area is 186 Å². The van der Waals surface area contributed by atoms with E-state index in [4.69, 9.17) is 0 Å². The molecule has 1 saturated carbocycles. The van der Waals surface area contributed by atoms with Gasteiger partial charge in [0.1, 0.15) is 17.7 Å². The number of hydrogen-bond acceptors (Lipinski definition) is 5. The molecular weight excluding hydrogens is 410 g/mol. The second kappa shape index (κ2) is 9.42. The first-order valence-corrected chi connectivity index (χ1v) is 11.4. The first-order valence-electron chi connectivity index (χ1n) is 11.4. The summed E-state index contributed by atoms with van der Waals surface area (Å²) in [5.74, 6) is 0.0656. The Morgan fingerprint density at radius 3 is 2.34 bits per heavy atom. The van der Waals surface area contributed by atoms with E-state index in [1.54, 1.807) is 22.9 Å². The predicted octanol–water partition coefficient (Wildman–Crippen LogP) is 3.65. The molecule has 5 rings (SSSR count). The van der Waals surface area contributed by atoms with Crippen molar-refractivity contribution >= 4 is 0 Å². The standard InChI is InChI=1S/C24H28F2N6/c25-19-11-9-18(10-12-19)17-32-24(27-28-29-32)23(21-7-3-4-8-22(21)26)31-15-13-30(14-16-31)20-5-1-2-6-20/h3-4,7-12,20,23H,1-2,5-6,13-17H2. The zero-order chi connectivity index (χ0) is 21.9. The van der Waals surface area contributed by atoms with Crippen molar-refractivity contribution < 1.29 is 8.78 Å². The summed E-state index contributed by atoms with van der Waals surface area (Å²) in [5.41, 5.74) is 1.47. The summed E-state index contributed by atoms with van der Waals surface area (Å²) in [4.78, 5) is 4.88. The van der Waals surface area contributed by atoms with Crippen molar-refractivity contribution in [3.63, 3.8) is 0 Å². The first-order chi connectivity index (χ1) is 15.7. The average Bonchev–Trinajstić information content (AvgIpc) is 3.50. The summed E-state index contributed by atoms with van der Waals surface area (Å²) in [7, 11) is 0. The third-order valence-corrected chi connectivity index (χ3v) is 6.80. The minimum Gasteiger partial charge on any atom is -0.298 e. The number of aromatic nitrogens is 4. The van der Waals surface area contributed by atoms with Crippen LogP contribution in [0.25, 0.3) is 0 Å². The number of piperazine rings is 1. The van der Waals surface area contributed by atoms with Gasteiger partial charge >= 0.3 is 0 Å². The van der Waals surface area contributed by atoms with Gasteiger partial charge in [-0.25, -0.2) is 13.5 Å². The number of benzene rings is 2. The number of hydrogen-bond donors (Lipinski definition) is 0. The Hall–Kier alpha value is -2.71. The number of tetrazole rings is 1. The van der Waals surface area contributed by atoms with Crippen molar-refractivity contribution in [2.24, 2.45) is 0 Å². The molecule has 168 valence electrons. The van der Waals surface area contributed by atoms with Gasteiger partial charge in [0.15, 0.2) is 5.82 Å². The van der Waals surface area contributed by atoms with E-state index in [2.05, 4.69) is 25.3 Å². The van der Waals surface area contributed by atoms with Crippen LogP contribution < -0.4 is 0 Å². The van der Waals surface area contributed by atoms with Crippen LogP contribution in [-0.4, -0.2) is 62.2 Å². The van der Waals surface area contributed by atoms with Gasteiger partial charge in [-0.15, -0.1) is 5.10 Å². The lowest BCUT2D eigenvalue weighted by atomic mass is 10.0. The molecule has 2 fully saturated rings.